The van der Waals surface area contributed by atoms with Crippen molar-refractivity contribution in [1.82, 2.24) is 9.88 Å². The predicted octanol–water partition coefficient (Wildman–Crippen LogP) is 2.87. The van der Waals surface area contributed by atoms with Crippen molar-refractivity contribution in [2.75, 3.05) is 13.1 Å². The van der Waals surface area contributed by atoms with Crippen molar-refractivity contribution in [2.45, 2.75) is 25.0 Å². The summed E-state index contributed by atoms with van der Waals surface area (Å²) in [6.45, 7) is 5.99. The molecule has 4 nitrogen and oxygen atoms in total. The SMILES string of the molecule is C=C[C@H]1CN2CC[C@@H]1C[C@H]2[C@H](O)c1ccnc2ccc(O)cc12. The first-order valence-electron chi connectivity index (χ1n) is 8.29. The zero-order valence-electron chi connectivity index (χ0n) is 13.1. The molecule has 3 saturated heterocycles. The molecule has 3 aliphatic heterocycles. The monoisotopic (exact) mass is 310 g/mol. The highest BCUT2D eigenvalue weighted by atomic mass is 16.3. The first-order chi connectivity index (χ1) is 11.2. The highest BCUT2D eigenvalue weighted by Gasteiger charge is 2.42. The van der Waals surface area contributed by atoms with E-state index in [1.165, 1.54) is 6.42 Å². The number of nitrogens with zero attached hydrogens (tertiary/aromatic N) is 2. The molecule has 0 spiro atoms. The number of aliphatic hydroxyl groups is 1. The summed E-state index contributed by atoms with van der Waals surface area (Å²) < 4.78 is 0. The van der Waals surface area contributed by atoms with Crippen LogP contribution in [-0.2, 0) is 0 Å². The summed E-state index contributed by atoms with van der Waals surface area (Å²) in [7, 11) is 0. The minimum atomic E-state index is -0.559. The molecule has 1 aromatic carbocycles. The van der Waals surface area contributed by atoms with E-state index in [9.17, 15) is 10.2 Å². The molecular weight excluding hydrogens is 288 g/mol. The molecule has 5 rings (SSSR count). The van der Waals surface area contributed by atoms with Gasteiger partial charge in [0, 0.05) is 24.2 Å². The van der Waals surface area contributed by atoms with Crippen LogP contribution in [-0.4, -0.2) is 39.2 Å². The van der Waals surface area contributed by atoms with Crippen molar-refractivity contribution in [3.8, 4) is 5.75 Å². The zero-order valence-corrected chi connectivity index (χ0v) is 13.1. The fourth-order valence-electron chi connectivity index (χ4n) is 4.33. The first-order valence-corrected chi connectivity index (χ1v) is 8.29. The van der Waals surface area contributed by atoms with E-state index < -0.39 is 6.10 Å². The number of fused-ring (bicyclic) bond motifs is 4. The molecule has 0 saturated carbocycles. The molecule has 2 N–H and O–H groups in total. The van der Waals surface area contributed by atoms with Gasteiger partial charge in [0.05, 0.1) is 11.6 Å². The molecule has 23 heavy (non-hydrogen) atoms. The Morgan fingerprint density at radius 1 is 1.35 bits per heavy atom. The molecule has 3 fully saturated rings. The van der Waals surface area contributed by atoms with Gasteiger partial charge >= 0.3 is 0 Å². The van der Waals surface area contributed by atoms with Crippen molar-refractivity contribution in [3.05, 3.63) is 48.7 Å². The van der Waals surface area contributed by atoms with Crippen molar-refractivity contribution in [1.29, 1.82) is 0 Å². The summed E-state index contributed by atoms with van der Waals surface area (Å²) in [5, 5.41) is 21.7. The number of phenolic OH excluding ortho intramolecular Hbond substituents is 1. The Balaban J connectivity index is 1.69. The van der Waals surface area contributed by atoms with Crippen LogP contribution in [0.2, 0.25) is 0 Å². The minimum absolute atomic E-state index is 0.137. The zero-order chi connectivity index (χ0) is 16.0. The second kappa shape index (κ2) is 5.62. The molecule has 2 bridgehead atoms. The lowest BCUT2D eigenvalue weighted by Gasteiger charge is -2.50. The maximum Gasteiger partial charge on any atom is 0.116 e. The van der Waals surface area contributed by atoms with E-state index in [2.05, 4.69) is 22.5 Å². The van der Waals surface area contributed by atoms with Gasteiger partial charge in [0.15, 0.2) is 0 Å². The van der Waals surface area contributed by atoms with E-state index in [0.717, 1.165) is 36.0 Å². The standard InChI is InChI=1S/C19H22N2O2/c1-2-12-11-21-8-6-13(12)9-18(21)19(23)15-5-7-20-17-4-3-14(22)10-16(15)17/h2-5,7,10,12-13,18-19,22-23H,1,6,8-9,11H2/t12-,13+,18-,19+/m0/s1. The predicted molar refractivity (Wildman–Crippen MR) is 90.1 cm³/mol. The van der Waals surface area contributed by atoms with Crippen molar-refractivity contribution in [2.24, 2.45) is 11.8 Å². The second-order valence-electron chi connectivity index (χ2n) is 6.79. The second-order valence-corrected chi connectivity index (χ2v) is 6.79. The molecule has 5 atom stereocenters. The van der Waals surface area contributed by atoms with Crippen LogP contribution in [0.5, 0.6) is 5.75 Å². The van der Waals surface area contributed by atoms with Crippen molar-refractivity contribution < 1.29 is 10.2 Å². The van der Waals surface area contributed by atoms with Gasteiger partial charge in [-0.2, -0.15) is 0 Å². The van der Waals surface area contributed by atoms with Gasteiger partial charge < -0.3 is 10.2 Å². The lowest BCUT2D eigenvalue weighted by Crippen LogP contribution is -2.54. The molecule has 4 heterocycles. The molecular formula is C19H22N2O2. The molecule has 4 heteroatoms. The molecule has 2 aromatic rings. The molecule has 3 aliphatic rings. The normalized spacial score (nSPS) is 31.2. The van der Waals surface area contributed by atoms with Crippen molar-refractivity contribution >= 4 is 10.9 Å². The number of aromatic nitrogens is 1. The lowest BCUT2D eigenvalue weighted by molar-refractivity contribution is -0.0444. The fraction of sp³-hybridized carbons (Fsp3) is 0.421. The van der Waals surface area contributed by atoms with Gasteiger partial charge in [0.1, 0.15) is 5.75 Å². The Morgan fingerprint density at radius 2 is 2.22 bits per heavy atom. The Hall–Kier alpha value is -1.91. The molecule has 1 aromatic heterocycles. The number of piperidine rings is 3. The van der Waals surface area contributed by atoms with E-state index in [0.29, 0.717) is 11.8 Å². The molecule has 1 unspecified atom stereocenters. The van der Waals surface area contributed by atoms with E-state index in [4.69, 9.17) is 0 Å². The van der Waals surface area contributed by atoms with Crippen LogP contribution >= 0.6 is 0 Å². The number of hydrogen-bond acceptors (Lipinski definition) is 4. The Kier molecular flexibility index (Phi) is 3.58. The van der Waals surface area contributed by atoms with Gasteiger partial charge in [-0.25, -0.2) is 0 Å². The van der Waals surface area contributed by atoms with Crippen LogP contribution in [0.15, 0.2) is 43.1 Å². The van der Waals surface area contributed by atoms with Gasteiger partial charge in [-0.3, -0.25) is 9.88 Å². The van der Waals surface area contributed by atoms with Crippen LogP contribution in [0.25, 0.3) is 10.9 Å². The van der Waals surface area contributed by atoms with Crippen LogP contribution in [0.4, 0.5) is 0 Å². The molecule has 0 aliphatic carbocycles. The fourth-order valence-corrected chi connectivity index (χ4v) is 4.33. The maximum absolute atomic E-state index is 11.0. The highest BCUT2D eigenvalue weighted by molar-refractivity contribution is 5.83. The Morgan fingerprint density at radius 3 is 2.96 bits per heavy atom. The average molecular weight is 310 g/mol. The number of aromatic hydroxyl groups is 1. The maximum atomic E-state index is 11.0. The van der Waals surface area contributed by atoms with Gasteiger partial charge in [0.25, 0.3) is 0 Å². The number of hydrogen-bond donors (Lipinski definition) is 2. The molecule has 0 amide bonds. The summed E-state index contributed by atoms with van der Waals surface area (Å²) in [4.78, 5) is 6.73. The van der Waals surface area contributed by atoms with Gasteiger partial charge in [-0.1, -0.05) is 6.08 Å². The van der Waals surface area contributed by atoms with E-state index >= 15 is 0 Å². The third kappa shape index (κ3) is 2.42. The third-order valence-corrected chi connectivity index (χ3v) is 5.60. The van der Waals surface area contributed by atoms with Crippen molar-refractivity contribution in [3.63, 3.8) is 0 Å². The topological polar surface area (TPSA) is 56.6 Å². The Bertz CT molecular complexity index is 745. The van der Waals surface area contributed by atoms with Crippen LogP contribution < -0.4 is 0 Å². The van der Waals surface area contributed by atoms with Crippen LogP contribution in [0, 0.1) is 11.8 Å². The highest BCUT2D eigenvalue weighted by Crippen LogP contribution is 2.42. The van der Waals surface area contributed by atoms with E-state index in [1.807, 2.05) is 6.07 Å². The summed E-state index contributed by atoms with van der Waals surface area (Å²) >= 11 is 0. The summed E-state index contributed by atoms with van der Waals surface area (Å²) in [6.07, 6.45) is 5.44. The number of aliphatic hydroxyl groups excluding tert-OH is 1. The smallest absolute Gasteiger partial charge is 0.116 e. The minimum Gasteiger partial charge on any atom is -0.508 e. The Labute approximate surface area is 136 Å². The number of rotatable bonds is 3. The average Bonchev–Trinajstić information content (AvgIpc) is 2.60. The van der Waals surface area contributed by atoms with Gasteiger partial charge in [-0.05, 0) is 61.1 Å². The third-order valence-electron chi connectivity index (χ3n) is 5.60. The molecule has 120 valence electrons. The summed E-state index contributed by atoms with van der Waals surface area (Å²) in [5.41, 5.74) is 1.66. The van der Waals surface area contributed by atoms with Gasteiger partial charge in [0.2, 0.25) is 0 Å². The van der Waals surface area contributed by atoms with E-state index in [1.54, 1.807) is 24.4 Å². The van der Waals surface area contributed by atoms with Gasteiger partial charge in [-0.15, -0.1) is 6.58 Å². The lowest BCUT2D eigenvalue weighted by atomic mass is 9.73. The summed E-state index contributed by atoms with van der Waals surface area (Å²) in [6, 6.07) is 7.14. The number of pyridine rings is 1. The number of phenols is 1. The molecule has 0 radical (unpaired) electrons. The van der Waals surface area contributed by atoms with E-state index in [-0.39, 0.29) is 11.8 Å². The number of benzene rings is 1. The van der Waals surface area contributed by atoms with Crippen LogP contribution in [0.1, 0.15) is 24.5 Å². The first kappa shape index (κ1) is 14.7. The summed E-state index contributed by atoms with van der Waals surface area (Å²) in [5.74, 6) is 1.38. The largest absolute Gasteiger partial charge is 0.508 e. The quantitative estimate of drug-likeness (QED) is 0.856. The van der Waals surface area contributed by atoms with Crippen LogP contribution in [0.3, 0.4) is 0 Å².